The van der Waals surface area contributed by atoms with Gasteiger partial charge in [0.25, 0.3) is 0 Å². The maximum Gasteiger partial charge on any atom is 0.223 e. The first-order valence-electron chi connectivity index (χ1n) is 7.39. The number of carbonyl (C=O) groups is 2. The van der Waals surface area contributed by atoms with Crippen LogP contribution in [0.5, 0.6) is 0 Å². The summed E-state index contributed by atoms with van der Waals surface area (Å²) in [6.07, 6.45) is 0.403. The Morgan fingerprint density at radius 3 is 2.14 bits per heavy atom. The number of carbonyl (C=O) groups excluding carboxylic acids is 2. The molecule has 1 atom stereocenters. The fraction of sp³-hybridized carbons (Fsp3) is 0.750. The summed E-state index contributed by atoms with van der Waals surface area (Å²) in [6.45, 7) is 13.0. The number of allylic oxidation sites excluding steroid dienone is 2. The molecule has 0 aromatic carbocycles. The second-order valence-electron chi connectivity index (χ2n) is 6.83. The third-order valence-electron chi connectivity index (χ3n) is 3.73. The van der Waals surface area contributed by atoms with Gasteiger partial charge in [0.1, 0.15) is 0 Å². The van der Waals surface area contributed by atoms with Crippen molar-refractivity contribution < 1.29 is 9.59 Å². The molecule has 0 aromatic heterocycles. The fourth-order valence-corrected chi connectivity index (χ4v) is 2.27. The van der Waals surface area contributed by atoms with Gasteiger partial charge in [-0.3, -0.25) is 20.4 Å². The molecule has 0 saturated carbocycles. The molecule has 2 N–H and O–H groups in total. The molecule has 0 heterocycles. The maximum atomic E-state index is 11.8. The molecule has 0 rings (SSSR count). The lowest BCUT2D eigenvalue weighted by Gasteiger charge is -2.36. The van der Waals surface area contributed by atoms with E-state index in [4.69, 9.17) is 0 Å². The highest BCUT2D eigenvalue weighted by Gasteiger charge is 2.26. The van der Waals surface area contributed by atoms with Crippen molar-refractivity contribution in [3.8, 4) is 0 Å². The molecule has 0 fully saturated rings. The van der Waals surface area contributed by atoms with Crippen LogP contribution < -0.4 is 10.9 Å². The number of rotatable bonds is 8. The number of hydrogen-bond acceptors (Lipinski definition) is 5. The third kappa shape index (κ3) is 5.98. The Morgan fingerprint density at radius 1 is 1.29 bits per heavy atom. The number of ketones is 1. The zero-order valence-electron chi connectivity index (χ0n) is 14.7. The van der Waals surface area contributed by atoms with Crippen molar-refractivity contribution in [2.24, 2.45) is 11.3 Å². The van der Waals surface area contributed by atoms with Crippen LogP contribution in [-0.2, 0) is 9.59 Å². The molecule has 0 saturated heterocycles. The SMILES string of the molecule is CNNC(CN(C)/C(C)=C(/C(=O)C=O)C(C)C)C(C)(C)C. The topological polar surface area (TPSA) is 61.4 Å². The van der Waals surface area contributed by atoms with Gasteiger partial charge in [-0.25, -0.2) is 0 Å². The first-order valence-corrected chi connectivity index (χ1v) is 7.39. The molecular formula is C16H31N3O2. The first-order chi connectivity index (χ1) is 9.56. The zero-order valence-corrected chi connectivity index (χ0v) is 14.7. The molecule has 0 amide bonds. The quantitative estimate of drug-likeness (QED) is 0.309. The lowest BCUT2D eigenvalue weighted by molar-refractivity contribution is -0.127. The van der Waals surface area contributed by atoms with Crippen LogP contribution in [0.15, 0.2) is 11.3 Å². The molecule has 21 heavy (non-hydrogen) atoms. The highest BCUT2D eigenvalue weighted by Crippen LogP contribution is 2.23. The van der Waals surface area contributed by atoms with Crippen molar-refractivity contribution in [2.45, 2.75) is 47.6 Å². The van der Waals surface area contributed by atoms with E-state index in [1.165, 1.54) is 0 Å². The minimum atomic E-state index is -0.428. The second-order valence-corrected chi connectivity index (χ2v) is 6.83. The van der Waals surface area contributed by atoms with Crippen LogP contribution in [0.1, 0.15) is 41.5 Å². The molecule has 5 nitrogen and oxygen atoms in total. The van der Waals surface area contributed by atoms with E-state index in [0.29, 0.717) is 11.9 Å². The van der Waals surface area contributed by atoms with Gasteiger partial charge in [0.15, 0.2) is 6.29 Å². The van der Waals surface area contributed by atoms with E-state index in [9.17, 15) is 9.59 Å². The van der Waals surface area contributed by atoms with Gasteiger partial charge in [-0.2, -0.15) is 0 Å². The molecule has 0 aliphatic carbocycles. The summed E-state index contributed by atoms with van der Waals surface area (Å²) >= 11 is 0. The summed E-state index contributed by atoms with van der Waals surface area (Å²) in [6, 6.07) is 0.196. The van der Waals surface area contributed by atoms with Crippen LogP contribution in [0, 0.1) is 11.3 Å². The molecule has 0 aliphatic rings. The van der Waals surface area contributed by atoms with E-state index in [1.54, 1.807) is 0 Å². The molecule has 0 bridgehead atoms. The van der Waals surface area contributed by atoms with E-state index in [-0.39, 0.29) is 17.4 Å². The van der Waals surface area contributed by atoms with Gasteiger partial charge in [0.05, 0.1) is 0 Å². The summed E-state index contributed by atoms with van der Waals surface area (Å²) < 4.78 is 0. The number of nitrogens with zero attached hydrogens (tertiary/aromatic N) is 1. The van der Waals surface area contributed by atoms with E-state index >= 15 is 0 Å². The summed E-state index contributed by atoms with van der Waals surface area (Å²) in [5.74, 6) is -0.404. The Morgan fingerprint density at radius 2 is 1.81 bits per heavy atom. The Hall–Kier alpha value is -1.20. The number of likely N-dealkylation sites (N-methyl/N-ethyl adjacent to an activating group) is 1. The van der Waals surface area contributed by atoms with Crippen LogP contribution in [0.2, 0.25) is 0 Å². The zero-order chi connectivity index (χ0) is 16.8. The third-order valence-corrected chi connectivity index (χ3v) is 3.73. The monoisotopic (exact) mass is 297 g/mol. The van der Waals surface area contributed by atoms with Gasteiger partial charge in [-0.05, 0) is 25.3 Å². The maximum absolute atomic E-state index is 11.8. The van der Waals surface area contributed by atoms with Crippen LogP contribution in [0.25, 0.3) is 0 Å². The van der Waals surface area contributed by atoms with Crippen LogP contribution in [0.3, 0.4) is 0 Å². The summed E-state index contributed by atoms with van der Waals surface area (Å²) in [7, 11) is 3.79. The first kappa shape index (κ1) is 19.8. The average Bonchev–Trinajstić information content (AvgIpc) is 2.36. The lowest BCUT2D eigenvalue weighted by Crippen LogP contribution is -2.51. The van der Waals surface area contributed by atoms with Crippen molar-refractivity contribution >= 4 is 12.1 Å². The molecule has 0 aromatic rings. The fourth-order valence-electron chi connectivity index (χ4n) is 2.27. The Kier molecular flexibility index (Phi) is 7.82. The molecule has 0 spiro atoms. The standard InChI is InChI=1S/C16H31N3O2/c1-11(2)15(13(21)10-20)12(3)19(8)9-14(18-17-7)16(4,5)6/h10-11,14,17-18H,9H2,1-8H3/b15-12+. The van der Waals surface area contributed by atoms with Gasteiger partial charge in [-0.1, -0.05) is 34.6 Å². The van der Waals surface area contributed by atoms with Gasteiger partial charge < -0.3 is 4.90 Å². The Bertz CT molecular complexity index is 395. The van der Waals surface area contributed by atoms with Crippen LogP contribution in [-0.4, -0.2) is 43.7 Å². The molecule has 0 aliphatic heterocycles. The van der Waals surface area contributed by atoms with Crippen LogP contribution >= 0.6 is 0 Å². The molecule has 0 radical (unpaired) electrons. The summed E-state index contributed by atoms with van der Waals surface area (Å²) in [5.41, 5.74) is 7.74. The molecule has 122 valence electrons. The average molecular weight is 297 g/mol. The van der Waals surface area contributed by atoms with E-state index in [0.717, 1.165) is 12.2 Å². The van der Waals surface area contributed by atoms with Gasteiger partial charge >= 0.3 is 0 Å². The van der Waals surface area contributed by atoms with Crippen LogP contribution in [0.4, 0.5) is 0 Å². The number of Topliss-reactive ketones (excluding diaryl/α,β-unsaturated/α-hetero) is 1. The molecule has 5 heteroatoms. The number of nitrogens with one attached hydrogen (secondary N) is 2. The predicted octanol–water partition coefficient (Wildman–Crippen LogP) is 1.75. The van der Waals surface area contributed by atoms with Crippen molar-refractivity contribution in [1.82, 2.24) is 15.8 Å². The van der Waals surface area contributed by atoms with E-state index in [2.05, 4.69) is 31.6 Å². The minimum absolute atomic E-state index is 0.0236. The van der Waals surface area contributed by atoms with Crippen molar-refractivity contribution in [2.75, 3.05) is 20.6 Å². The van der Waals surface area contributed by atoms with Gasteiger partial charge in [0, 0.05) is 30.9 Å². The highest BCUT2D eigenvalue weighted by molar-refractivity contribution is 6.33. The highest BCUT2D eigenvalue weighted by atomic mass is 16.2. The molecular weight excluding hydrogens is 266 g/mol. The minimum Gasteiger partial charge on any atom is -0.376 e. The largest absolute Gasteiger partial charge is 0.376 e. The Balaban J connectivity index is 5.32. The lowest BCUT2D eigenvalue weighted by atomic mass is 9.86. The number of aldehydes is 1. The predicted molar refractivity (Wildman–Crippen MR) is 86.7 cm³/mol. The smallest absolute Gasteiger partial charge is 0.223 e. The van der Waals surface area contributed by atoms with Crippen molar-refractivity contribution in [3.63, 3.8) is 0 Å². The Labute approximate surface area is 129 Å². The van der Waals surface area contributed by atoms with Crippen molar-refractivity contribution in [3.05, 3.63) is 11.3 Å². The van der Waals surface area contributed by atoms with E-state index < -0.39 is 5.78 Å². The second kappa shape index (κ2) is 8.29. The summed E-state index contributed by atoms with van der Waals surface area (Å²) in [5, 5.41) is 0. The normalized spacial score (nSPS) is 14.7. The number of hydrazine groups is 1. The summed E-state index contributed by atoms with van der Waals surface area (Å²) in [4.78, 5) is 24.7. The van der Waals surface area contributed by atoms with Gasteiger partial charge in [-0.15, -0.1) is 0 Å². The van der Waals surface area contributed by atoms with E-state index in [1.807, 2.05) is 39.8 Å². The molecule has 1 unspecified atom stereocenters. The number of hydrogen-bond donors (Lipinski definition) is 2. The van der Waals surface area contributed by atoms with Crippen molar-refractivity contribution in [1.29, 1.82) is 0 Å². The van der Waals surface area contributed by atoms with Gasteiger partial charge in [0.2, 0.25) is 5.78 Å².